The van der Waals surface area contributed by atoms with Crippen LogP contribution in [0, 0.1) is 5.92 Å². The van der Waals surface area contributed by atoms with E-state index in [1.165, 1.54) is 24.8 Å². The standard InChI is InChI=1S/C17H26O2/c1-3-15-6-4-5-12-17(15,18)13-11-14-7-9-16(19-2)10-8-14/h7-10,15,18H,3-6,11-13H2,1-2H3. The highest BCUT2D eigenvalue weighted by Crippen LogP contribution is 2.38. The molecule has 0 saturated heterocycles. The van der Waals surface area contributed by atoms with Crippen molar-refractivity contribution in [3.05, 3.63) is 29.8 Å². The van der Waals surface area contributed by atoms with Crippen LogP contribution in [0.1, 0.15) is 51.0 Å². The molecule has 1 aliphatic carbocycles. The van der Waals surface area contributed by atoms with Crippen molar-refractivity contribution in [2.24, 2.45) is 5.92 Å². The van der Waals surface area contributed by atoms with Crippen molar-refractivity contribution in [1.82, 2.24) is 0 Å². The summed E-state index contributed by atoms with van der Waals surface area (Å²) in [6, 6.07) is 8.20. The summed E-state index contributed by atoms with van der Waals surface area (Å²) in [6.45, 7) is 2.20. The van der Waals surface area contributed by atoms with Crippen molar-refractivity contribution >= 4 is 0 Å². The number of benzene rings is 1. The van der Waals surface area contributed by atoms with Crippen molar-refractivity contribution in [2.45, 2.75) is 57.5 Å². The minimum Gasteiger partial charge on any atom is -0.497 e. The molecule has 106 valence electrons. The predicted octanol–water partition coefficient (Wildman–Crippen LogP) is 3.96. The van der Waals surface area contributed by atoms with Gasteiger partial charge in [0.25, 0.3) is 0 Å². The van der Waals surface area contributed by atoms with Gasteiger partial charge in [-0.05, 0) is 49.3 Å². The highest BCUT2D eigenvalue weighted by Gasteiger charge is 2.36. The molecular formula is C17H26O2. The number of rotatable bonds is 5. The molecule has 1 saturated carbocycles. The molecule has 2 nitrogen and oxygen atoms in total. The molecule has 0 aliphatic heterocycles. The molecule has 0 radical (unpaired) electrons. The lowest BCUT2D eigenvalue weighted by molar-refractivity contribution is -0.0559. The van der Waals surface area contributed by atoms with E-state index in [1.807, 2.05) is 12.1 Å². The molecule has 19 heavy (non-hydrogen) atoms. The van der Waals surface area contributed by atoms with Gasteiger partial charge >= 0.3 is 0 Å². The number of methoxy groups -OCH3 is 1. The van der Waals surface area contributed by atoms with E-state index in [0.29, 0.717) is 5.92 Å². The van der Waals surface area contributed by atoms with E-state index in [2.05, 4.69) is 19.1 Å². The molecule has 0 spiro atoms. The molecule has 2 heteroatoms. The summed E-state index contributed by atoms with van der Waals surface area (Å²) in [6.07, 6.45) is 7.56. The molecule has 0 amide bonds. The number of hydrogen-bond donors (Lipinski definition) is 1. The van der Waals surface area contributed by atoms with Crippen molar-refractivity contribution in [2.75, 3.05) is 7.11 Å². The number of aryl methyl sites for hydroxylation is 1. The molecule has 2 rings (SSSR count). The minimum absolute atomic E-state index is 0.438. The van der Waals surface area contributed by atoms with E-state index >= 15 is 0 Å². The van der Waals surface area contributed by atoms with E-state index in [1.54, 1.807) is 7.11 Å². The summed E-state index contributed by atoms with van der Waals surface area (Å²) >= 11 is 0. The van der Waals surface area contributed by atoms with Crippen LogP contribution in [0.25, 0.3) is 0 Å². The van der Waals surface area contributed by atoms with Crippen LogP contribution in [-0.2, 0) is 6.42 Å². The third-order valence-corrected chi connectivity index (χ3v) is 4.67. The van der Waals surface area contributed by atoms with Gasteiger partial charge in [0.2, 0.25) is 0 Å². The monoisotopic (exact) mass is 262 g/mol. The highest BCUT2D eigenvalue weighted by atomic mass is 16.5. The summed E-state index contributed by atoms with van der Waals surface area (Å²) in [7, 11) is 1.69. The Kier molecular flexibility index (Phi) is 4.87. The summed E-state index contributed by atoms with van der Waals surface area (Å²) < 4.78 is 5.17. The largest absolute Gasteiger partial charge is 0.497 e. The van der Waals surface area contributed by atoms with Gasteiger partial charge in [-0.15, -0.1) is 0 Å². The van der Waals surface area contributed by atoms with Crippen molar-refractivity contribution in [3.63, 3.8) is 0 Å². The Balaban J connectivity index is 1.95. The summed E-state index contributed by atoms with van der Waals surface area (Å²) in [4.78, 5) is 0. The topological polar surface area (TPSA) is 29.5 Å². The molecule has 2 unspecified atom stereocenters. The zero-order valence-electron chi connectivity index (χ0n) is 12.2. The average molecular weight is 262 g/mol. The quantitative estimate of drug-likeness (QED) is 0.870. The van der Waals surface area contributed by atoms with Crippen LogP contribution < -0.4 is 4.74 Å². The Labute approximate surface area is 116 Å². The van der Waals surface area contributed by atoms with Gasteiger partial charge < -0.3 is 9.84 Å². The van der Waals surface area contributed by atoms with Crippen LogP contribution in [0.3, 0.4) is 0 Å². The van der Waals surface area contributed by atoms with E-state index in [-0.39, 0.29) is 0 Å². The maximum atomic E-state index is 10.9. The first-order valence-electron chi connectivity index (χ1n) is 7.53. The molecule has 1 aliphatic rings. The van der Waals surface area contributed by atoms with Crippen LogP contribution in [0.4, 0.5) is 0 Å². The fourth-order valence-corrected chi connectivity index (χ4v) is 3.36. The molecule has 1 N–H and O–H groups in total. The zero-order valence-corrected chi connectivity index (χ0v) is 12.2. The molecule has 1 aromatic carbocycles. The predicted molar refractivity (Wildman–Crippen MR) is 78.5 cm³/mol. The molecule has 0 heterocycles. The van der Waals surface area contributed by atoms with Crippen LogP contribution in [0.2, 0.25) is 0 Å². The normalized spacial score (nSPS) is 27.2. The summed E-state index contributed by atoms with van der Waals surface area (Å²) in [5.41, 5.74) is 0.849. The lowest BCUT2D eigenvalue weighted by Crippen LogP contribution is -2.40. The number of aliphatic hydroxyl groups is 1. The van der Waals surface area contributed by atoms with Crippen LogP contribution in [0.5, 0.6) is 5.75 Å². The molecular weight excluding hydrogens is 236 g/mol. The van der Waals surface area contributed by atoms with Crippen LogP contribution in [0.15, 0.2) is 24.3 Å². The molecule has 1 fully saturated rings. The van der Waals surface area contributed by atoms with Crippen molar-refractivity contribution in [1.29, 1.82) is 0 Å². The first-order valence-corrected chi connectivity index (χ1v) is 7.53. The third-order valence-electron chi connectivity index (χ3n) is 4.67. The third kappa shape index (κ3) is 3.50. The Hall–Kier alpha value is -1.02. The Morgan fingerprint density at radius 2 is 2.00 bits per heavy atom. The minimum atomic E-state index is -0.438. The van der Waals surface area contributed by atoms with Gasteiger partial charge in [0.15, 0.2) is 0 Å². The van der Waals surface area contributed by atoms with Crippen LogP contribution >= 0.6 is 0 Å². The smallest absolute Gasteiger partial charge is 0.118 e. The molecule has 0 aromatic heterocycles. The van der Waals surface area contributed by atoms with Crippen molar-refractivity contribution in [3.8, 4) is 5.75 Å². The maximum Gasteiger partial charge on any atom is 0.118 e. The fraction of sp³-hybridized carbons (Fsp3) is 0.647. The average Bonchev–Trinajstić information content (AvgIpc) is 2.46. The van der Waals surface area contributed by atoms with Crippen molar-refractivity contribution < 1.29 is 9.84 Å². The number of ether oxygens (including phenoxy) is 1. The van der Waals surface area contributed by atoms with E-state index < -0.39 is 5.60 Å². The molecule has 0 bridgehead atoms. The SMILES string of the molecule is CCC1CCCCC1(O)CCc1ccc(OC)cc1. The summed E-state index contributed by atoms with van der Waals surface area (Å²) in [5, 5.41) is 10.9. The van der Waals surface area contributed by atoms with Gasteiger partial charge in [0.1, 0.15) is 5.75 Å². The van der Waals surface area contributed by atoms with Gasteiger partial charge in [0.05, 0.1) is 12.7 Å². The Morgan fingerprint density at radius 3 is 2.63 bits per heavy atom. The van der Waals surface area contributed by atoms with Gasteiger partial charge in [-0.1, -0.05) is 38.3 Å². The van der Waals surface area contributed by atoms with E-state index in [0.717, 1.165) is 31.4 Å². The Morgan fingerprint density at radius 1 is 1.26 bits per heavy atom. The first-order chi connectivity index (χ1) is 9.18. The fourth-order valence-electron chi connectivity index (χ4n) is 3.36. The second kappa shape index (κ2) is 6.42. The first kappa shape index (κ1) is 14.4. The van der Waals surface area contributed by atoms with E-state index in [4.69, 9.17) is 4.74 Å². The highest BCUT2D eigenvalue weighted by molar-refractivity contribution is 5.27. The lowest BCUT2D eigenvalue weighted by Gasteiger charge is -2.40. The summed E-state index contributed by atoms with van der Waals surface area (Å²) in [5.74, 6) is 1.38. The number of hydrogen-bond acceptors (Lipinski definition) is 2. The zero-order chi connectivity index (χ0) is 13.7. The van der Waals surface area contributed by atoms with E-state index in [9.17, 15) is 5.11 Å². The van der Waals surface area contributed by atoms with Gasteiger partial charge in [0, 0.05) is 0 Å². The van der Waals surface area contributed by atoms with Gasteiger partial charge in [-0.25, -0.2) is 0 Å². The second-order valence-corrected chi connectivity index (χ2v) is 5.80. The van der Waals surface area contributed by atoms with Gasteiger partial charge in [-0.2, -0.15) is 0 Å². The maximum absolute atomic E-state index is 10.9. The van der Waals surface area contributed by atoms with Gasteiger partial charge in [-0.3, -0.25) is 0 Å². The molecule has 2 atom stereocenters. The Bertz CT molecular complexity index is 385. The second-order valence-electron chi connectivity index (χ2n) is 5.80. The lowest BCUT2D eigenvalue weighted by atomic mass is 9.71. The van der Waals surface area contributed by atoms with Crippen LogP contribution in [-0.4, -0.2) is 17.8 Å². The molecule has 1 aromatic rings.